The number of amides is 1. The highest BCUT2D eigenvalue weighted by atomic mass is 16.5. The van der Waals surface area contributed by atoms with Crippen molar-refractivity contribution < 1.29 is 9.53 Å². The second kappa shape index (κ2) is 7.02. The molecule has 1 aliphatic heterocycles. The van der Waals surface area contributed by atoms with Gasteiger partial charge in [-0.2, -0.15) is 0 Å². The lowest BCUT2D eigenvalue weighted by atomic mass is 10.1. The summed E-state index contributed by atoms with van der Waals surface area (Å²) in [6.07, 6.45) is 8.25. The fourth-order valence-electron chi connectivity index (χ4n) is 3.35. The van der Waals surface area contributed by atoms with Crippen molar-refractivity contribution >= 4 is 5.91 Å². The summed E-state index contributed by atoms with van der Waals surface area (Å²) < 4.78 is 7.68. The third-order valence-corrected chi connectivity index (χ3v) is 4.81. The minimum absolute atomic E-state index is 0.241. The van der Waals surface area contributed by atoms with E-state index in [1.54, 1.807) is 6.08 Å². The summed E-state index contributed by atoms with van der Waals surface area (Å²) in [6, 6.07) is 1.95. The van der Waals surface area contributed by atoms with Crippen molar-refractivity contribution in [2.75, 3.05) is 13.2 Å². The molecule has 1 aliphatic carbocycles. The van der Waals surface area contributed by atoms with Crippen LogP contribution in [0.15, 0.2) is 30.4 Å². The number of fused-ring (bicyclic) bond motifs is 1. The first-order valence-electron chi connectivity index (χ1n) is 8.47. The van der Waals surface area contributed by atoms with Crippen LogP contribution < -0.4 is 4.74 Å². The number of carbonyl (C=O) groups excluding carboxylic acids is 1. The number of hydrogen-bond acceptors (Lipinski definition) is 3. The molecule has 0 N–H and O–H groups in total. The van der Waals surface area contributed by atoms with Crippen LogP contribution in [0.1, 0.15) is 38.3 Å². The molecule has 5 nitrogen and oxygen atoms in total. The Kier molecular flexibility index (Phi) is 4.84. The van der Waals surface area contributed by atoms with Crippen molar-refractivity contribution in [1.29, 1.82) is 0 Å². The van der Waals surface area contributed by atoms with Crippen LogP contribution >= 0.6 is 0 Å². The Morgan fingerprint density at radius 1 is 1.43 bits per heavy atom. The Morgan fingerprint density at radius 3 is 2.91 bits per heavy atom. The van der Waals surface area contributed by atoms with Gasteiger partial charge in [0.05, 0.1) is 18.8 Å². The average Bonchev–Trinajstić information content (AvgIpc) is 3.23. The Labute approximate surface area is 137 Å². The topological polar surface area (TPSA) is 47.4 Å². The quantitative estimate of drug-likeness (QED) is 0.785. The van der Waals surface area contributed by atoms with E-state index in [9.17, 15) is 4.79 Å². The first kappa shape index (κ1) is 15.8. The van der Waals surface area contributed by atoms with E-state index in [1.807, 2.05) is 28.6 Å². The standard InChI is InChI=1S/C18H25N3O2/c1-3-14(4-2)13-23-17-11-16-12-20(9-10-21(16)19-17)18(22)15-7-5-6-8-15/h3-4,11,15H,1,5-10,12-13H2,2H3/b14-4+. The van der Waals surface area contributed by atoms with Gasteiger partial charge in [-0.05, 0) is 25.3 Å². The molecule has 2 aliphatic rings. The van der Waals surface area contributed by atoms with Crippen molar-refractivity contribution in [3.05, 3.63) is 36.1 Å². The van der Waals surface area contributed by atoms with Crippen LogP contribution in [-0.2, 0) is 17.9 Å². The number of ether oxygens (including phenoxy) is 1. The van der Waals surface area contributed by atoms with Gasteiger partial charge in [0.25, 0.3) is 0 Å². The van der Waals surface area contributed by atoms with E-state index in [4.69, 9.17) is 4.74 Å². The summed E-state index contributed by atoms with van der Waals surface area (Å²) in [5, 5.41) is 4.48. The summed E-state index contributed by atoms with van der Waals surface area (Å²) in [5.41, 5.74) is 2.09. The van der Waals surface area contributed by atoms with E-state index in [1.165, 1.54) is 12.8 Å². The van der Waals surface area contributed by atoms with Gasteiger partial charge in [0, 0.05) is 18.5 Å². The number of carbonyl (C=O) groups is 1. The highest BCUT2D eigenvalue weighted by Crippen LogP contribution is 2.28. The fourth-order valence-corrected chi connectivity index (χ4v) is 3.35. The third kappa shape index (κ3) is 3.49. The molecule has 2 heterocycles. The van der Waals surface area contributed by atoms with Crippen LogP contribution in [0.3, 0.4) is 0 Å². The first-order valence-corrected chi connectivity index (χ1v) is 8.47. The number of nitrogens with zero attached hydrogens (tertiary/aromatic N) is 3. The van der Waals surface area contributed by atoms with Crippen molar-refractivity contribution in [2.45, 2.75) is 45.7 Å². The zero-order valence-corrected chi connectivity index (χ0v) is 13.8. The predicted octanol–water partition coefficient (Wildman–Crippen LogP) is 2.93. The van der Waals surface area contributed by atoms with Crippen molar-refractivity contribution in [1.82, 2.24) is 14.7 Å². The van der Waals surface area contributed by atoms with E-state index in [0.717, 1.165) is 37.2 Å². The molecule has 1 fully saturated rings. The molecule has 0 unspecified atom stereocenters. The van der Waals surface area contributed by atoms with Gasteiger partial charge in [0.15, 0.2) is 0 Å². The first-order chi connectivity index (χ1) is 11.2. The summed E-state index contributed by atoms with van der Waals surface area (Å²) in [6.45, 7) is 8.33. The largest absolute Gasteiger partial charge is 0.472 e. The molecular weight excluding hydrogens is 290 g/mol. The molecule has 3 rings (SSSR count). The average molecular weight is 315 g/mol. The Hall–Kier alpha value is -2.04. The van der Waals surface area contributed by atoms with Crippen LogP contribution in [0.25, 0.3) is 0 Å². The zero-order chi connectivity index (χ0) is 16.2. The fraction of sp³-hybridized carbons (Fsp3) is 0.556. The van der Waals surface area contributed by atoms with Gasteiger partial charge in [-0.3, -0.25) is 9.48 Å². The van der Waals surface area contributed by atoms with Crippen molar-refractivity contribution in [2.24, 2.45) is 5.92 Å². The lowest BCUT2D eigenvalue weighted by Crippen LogP contribution is -2.41. The van der Waals surface area contributed by atoms with E-state index < -0.39 is 0 Å². The van der Waals surface area contributed by atoms with Gasteiger partial charge in [-0.15, -0.1) is 5.10 Å². The summed E-state index contributed by atoms with van der Waals surface area (Å²) in [7, 11) is 0. The molecule has 5 heteroatoms. The molecule has 0 atom stereocenters. The maximum atomic E-state index is 12.6. The van der Waals surface area contributed by atoms with E-state index >= 15 is 0 Å². The number of hydrogen-bond donors (Lipinski definition) is 0. The molecule has 1 saturated carbocycles. The summed E-state index contributed by atoms with van der Waals surface area (Å²) in [4.78, 5) is 14.5. The van der Waals surface area contributed by atoms with Gasteiger partial charge in [0.2, 0.25) is 11.8 Å². The molecule has 1 aromatic rings. The van der Waals surface area contributed by atoms with Crippen molar-refractivity contribution in [3.63, 3.8) is 0 Å². The monoisotopic (exact) mass is 315 g/mol. The molecule has 0 saturated heterocycles. The number of aromatic nitrogens is 2. The minimum Gasteiger partial charge on any atom is -0.472 e. The second-order valence-corrected chi connectivity index (χ2v) is 6.29. The highest BCUT2D eigenvalue weighted by Gasteiger charge is 2.30. The van der Waals surface area contributed by atoms with Gasteiger partial charge in [0.1, 0.15) is 6.61 Å². The molecule has 0 radical (unpaired) electrons. The molecule has 1 amide bonds. The van der Waals surface area contributed by atoms with E-state index in [2.05, 4.69) is 11.7 Å². The molecule has 1 aromatic heterocycles. The molecular formula is C18H25N3O2. The van der Waals surface area contributed by atoms with Crippen LogP contribution in [-0.4, -0.2) is 33.7 Å². The predicted molar refractivity (Wildman–Crippen MR) is 89.1 cm³/mol. The minimum atomic E-state index is 0.241. The Bertz CT molecular complexity index is 612. The smallest absolute Gasteiger partial charge is 0.233 e. The number of allylic oxidation sites excluding steroid dienone is 1. The molecule has 0 bridgehead atoms. The molecule has 23 heavy (non-hydrogen) atoms. The van der Waals surface area contributed by atoms with E-state index in [-0.39, 0.29) is 5.92 Å². The number of rotatable bonds is 5. The summed E-state index contributed by atoms with van der Waals surface area (Å²) in [5.74, 6) is 1.18. The lowest BCUT2D eigenvalue weighted by Gasteiger charge is -2.29. The lowest BCUT2D eigenvalue weighted by molar-refractivity contribution is -0.136. The van der Waals surface area contributed by atoms with Gasteiger partial charge in [-0.25, -0.2) is 0 Å². The molecule has 124 valence electrons. The maximum absolute atomic E-state index is 12.6. The van der Waals surface area contributed by atoms with Gasteiger partial charge in [-0.1, -0.05) is 31.6 Å². The van der Waals surface area contributed by atoms with Crippen LogP contribution in [0.4, 0.5) is 0 Å². The third-order valence-electron chi connectivity index (χ3n) is 4.81. The Morgan fingerprint density at radius 2 is 2.22 bits per heavy atom. The van der Waals surface area contributed by atoms with E-state index in [0.29, 0.717) is 24.9 Å². The highest BCUT2D eigenvalue weighted by molar-refractivity contribution is 5.79. The normalized spacial score (nSPS) is 18.8. The van der Waals surface area contributed by atoms with Crippen LogP contribution in [0.5, 0.6) is 5.88 Å². The Balaban J connectivity index is 1.62. The van der Waals surface area contributed by atoms with Crippen LogP contribution in [0.2, 0.25) is 0 Å². The second-order valence-electron chi connectivity index (χ2n) is 6.29. The van der Waals surface area contributed by atoms with Crippen molar-refractivity contribution in [3.8, 4) is 5.88 Å². The summed E-state index contributed by atoms with van der Waals surface area (Å²) >= 11 is 0. The molecule has 0 spiro atoms. The van der Waals surface area contributed by atoms with Crippen LogP contribution in [0, 0.1) is 5.92 Å². The SMILES string of the molecule is C=C/C(=C\C)COc1cc2n(n1)CCN(C(=O)C1CCCC1)C2. The zero-order valence-electron chi connectivity index (χ0n) is 13.8. The van der Waals surface area contributed by atoms with Gasteiger partial charge >= 0.3 is 0 Å². The maximum Gasteiger partial charge on any atom is 0.233 e. The van der Waals surface area contributed by atoms with Gasteiger partial charge < -0.3 is 9.64 Å². The molecule has 0 aromatic carbocycles.